The van der Waals surface area contributed by atoms with Crippen LogP contribution in [0.5, 0.6) is 0 Å². The molecule has 2 atom stereocenters. The predicted octanol–water partition coefficient (Wildman–Crippen LogP) is 5.65. The third-order valence-corrected chi connectivity index (χ3v) is 5.29. The molecular formula is C18H23NS. The number of anilines is 1. The monoisotopic (exact) mass is 285 g/mol. The molecule has 106 valence electrons. The lowest BCUT2D eigenvalue weighted by Crippen LogP contribution is -2.22. The average Bonchev–Trinajstić information content (AvgIpc) is 2.99. The lowest BCUT2D eigenvalue weighted by atomic mass is 9.91. The van der Waals surface area contributed by atoms with Crippen LogP contribution in [-0.4, -0.2) is 6.04 Å². The first-order valence-electron chi connectivity index (χ1n) is 7.45. The zero-order valence-electron chi connectivity index (χ0n) is 12.5. The van der Waals surface area contributed by atoms with Gasteiger partial charge in [0.1, 0.15) is 0 Å². The van der Waals surface area contributed by atoms with Crippen molar-refractivity contribution >= 4 is 17.0 Å². The number of benzene rings is 1. The molecule has 1 aliphatic rings. The van der Waals surface area contributed by atoms with Gasteiger partial charge in [0.05, 0.1) is 0 Å². The summed E-state index contributed by atoms with van der Waals surface area (Å²) in [6.07, 6.45) is 2.57. The van der Waals surface area contributed by atoms with Crippen molar-refractivity contribution in [2.45, 2.75) is 39.7 Å². The van der Waals surface area contributed by atoms with Crippen molar-refractivity contribution in [2.75, 3.05) is 5.32 Å². The Balaban J connectivity index is 1.85. The summed E-state index contributed by atoms with van der Waals surface area (Å²) < 4.78 is 0. The van der Waals surface area contributed by atoms with E-state index in [-0.39, 0.29) is 0 Å². The molecular weight excluding hydrogens is 262 g/mol. The topological polar surface area (TPSA) is 12.0 Å². The van der Waals surface area contributed by atoms with Crippen LogP contribution in [0.3, 0.4) is 0 Å². The molecule has 0 saturated heterocycles. The first-order chi connectivity index (χ1) is 9.55. The highest BCUT2D eigenvalue weighted by Crippen LogP contribution is 2.43. The van der Waals surface area contributed by atoms with Gasteiger partial charge in [-0.3, -0.25) is 0 Å². The second kappa shape index (κ2) is 5.25. The maximum absolute atomic E-state index is 3.81. The van der Waals surface area contributed by atoms with Gasteiger partial charge in [-0.05, 0) is 41.7 Å². The number of nitrogens with one attached hydrogen (secondary N) is 1. The van der Waals surface area contributed by atoms with Crippen molar-refractivity contribution in [3.8, 4) is 10.4 Å². The fourth-order valence-corrected chi connectivity index (χ4v) is 4.31. The van der Waals surface area contributed by atoms with E-state index in [9.17, 15) is 0 Å². The highest BCUT2D eigenvalue weighted by Gasteiger charge is 2.36. The quantitative estimate of drug-likeness (QED) is 0.768. The van der Waals surface area contributed by atoms with Crippen LogP contribution in [-0.2, 0) is 0 Å². The number of hydrogen-bond acceptors (Lipinski definition) is 2. The highest BCUT2D eigenvalue weighted by atomic mass is 32.1. The Morgan fingerprint density at radius 3 is 2.55 bits per heavy atom. The Hall–Kier alpha value is -1.28. The molecule has 2 unspecified atom stereocenters. The summed E-state index contributed by atoms with van der Waals surface area (Å²) in [5.41, 5.74) is 3.08. The molecule has 1 aromatic carbocycles. The van der Waals surface area contributed by atoms with Crippen molar-refractivity contribution in [1.82, 2.24) is 0 Å². The standard InChI is InChI=1S/C18H23NS/c1-13-11-18(2,3)12-16(13)19-15-8-5-4-7-14(15)17-9-6-10-20-17/h4-10,13,16,19H,11-12H2,1-3H3. The van der Waals surface area contributed by atoms with E-state index in [0.717, 1.165) is 5.92 Å². The van der Waals surface area contributed by atoms with Crippen molar-refractivity contribution in [3.63, 3.8) is 0 Å². The zero-order valence-corrected chi connectivity index (χ0v) is 13.3. The first-order valence-corrected chi connectivity index (χ1v) is 8.33. The second-order valence-electron chi connectivity index (χ2n) is 6.82. The Labute approximate surface area is 126 Å². The lowest BCUT2D eigenvalue weighted by molar-refractivity contribution is 0.366. The van der Waals surface area contributed by atoms with Gasteiger partial charge in [0.2, 0.25) is 0 Å². The fourth-order valence-electron chi connectivity index (χ4n) is 3.54. The van der Waals surface area contributed by atoms with Crippen LogP contribution in [0.4, 0.5) is 5.69 Å². The van der Waals surface area contributed by atoms with Gasteiger partial charge in [-0.1, -0.05) is 45.0 Å². The Morgan fingerprint density at radius 1 is 1.10 bits per heavy atom. The molecule has 3 rings (SSSR count). The second-order valence-corrected chi connectivity index (χ2v) is 7.77. The normalized spacial score (nSPS) is 24.8. The number of hydrogen-bond donors (Lipinski definition) is 1. The molecule has 2 heteroatoms. The highest BCUT2D eigenvalue weighted by molar-refractivity contribution is 7.13. The van der Waals surface area contributed by atoms with E-state index in [1.165, 1.54) is 29.0 Å². The first kappa shape index (κ1) is 13.7. The Kier molecular flexibility index (Phi) is 3.59. The van der Waals surface area contributed by atoms with Crippen molar-refractivity contribution < 1.29 is 0 Å². The molecule has 1 aliphatic carbocycles. The van der Waals surface area contributed by atoms with Gasteiger partial charge in [-0.15, -0.1) is 11.3 Å². The molecule has 1 aromatic heterocycles. The van der Waals surface area contributed by atoms with E-state index in [2.05, 4.69) is 67.9 Å². The molecule has 1 fully saturated rings. The van der Waals surface area contributed by atoms with Gasteiger partial charge < -0.3 is 5.32 Å². The third-order valence-electron chi connectivity index (χ3n) is 4.39. The third kappa shape index (κ3) is 2.76. The molecule has 1 saturated carbocycles. The molecule has 1 heterocycles. The van der Waals surface area contributed by atoms with Crippen molar-refractivity contribution in [1.29, 1.82) is 0 Å². The van der Waals surface area contributed by atoms with E-state index in [4.69, 9.17) is 0 Å². The molecule has 0 spiro atoms. The van der Waals surface area contributed by atoms with Gasteiger partial charge >= 0.3 is 0 Å². The minimum atomic E-state index is 0.467. The van der Waals surface area contributed by atoms with E-state index in [0.29, 0.717) is 11.5 Å². The summed E-state index contributed by atoms with van der Waals surface area (Å²) in [5.74, 6) is 0.737. The van der Waals surface area contributed by atoms with Crippen molar-refractivity contribution in [2.24, 2.45) is 11.3 Å². The van der Waals surface area contributed by atoms with Crippen molar-refractivity contribution in [3.05, 3.63) is 41.8 Å². The molecule has 0 amide bonds. The van der Waals surface area contributed by atoms with Gasteiger partial charge in [0.15, 0.2) is 0 Å². The van der Waals surface area contributed by atoms with E-state index in [1.807, 2.05) is 11.3 Å². The summed E-state index contributed by atoms with van der Waals surface area (Å²) in [7, 11) is 0. The lowest BCUT2D eigenvalue weighted by Gasteiger charge is -2.21. The maximum Gasteiger partial charge on any atom is 0.0430 e. The minimum absolute atomic E-state index is 0.467. The molecule has 0 bridgehead atoms. The zero-order chi connectivity index (χ0) is 14.2. The maximum atomic E-state index is 3.81. The molecule has 20 heavy (non-hydrogen) atoms. The Bertz CT molecular complexity index is 571. The summed E-state index contributed by atoms with van der Waals surface area (Å²) in [6.45, 7) is 7.15. The minimum Gasteiger partial charge on any atom is -0.381 e. The van der Waals surface area contributed by atoms with E-state index in [1.54, 1.807) is 0 Å². The van der Waals surface area contributed by atoms with Gasteiger partial charge in [-0.25, -0.2) is 0 Å². The predicted molar refractivity (Wildman–Crippen MR) is 89.3 cm³/mol. The van der Waals surface area contributed by atoms with Gasteiger partial charge in [0, 0.05) is 22.2 Å². The SMILES string of the molecule is CC1CC(C)(C)CC1Nc1ccccc1-c1cccs1. The van der Waals surface area contributed by atoms with E-state index >= 15 is 0 Å². The summed E-state index contributed by atoms with van der Waals surface area (Å²) in [5, 5.41) is 5.96. The summed E-state index contributed by atoms with van der Waals surface area (Å²) >= 11 is 1.81. The van der Waals surface area contributed by atoms with Gasteiger partial charge in [-0.2, -0.15) is 0 Å². The molecule has 0 aliphatic heterocycles. The average molecular weight is 285 g/mol. The van der Waals surface area contributed by atoms with Crippen LogP contribution in [0, 0.1) is 11.3 Å². The van der Waals surface area contributed by atoms with Crippen LogP contribution in [0.25, 0.3) is 10.4 Å². The van der Waals surface area contributed by atoms with E-state index < -0.39 is 0 Å². The molecule has 1 nitrogen and oxygen atoms in total. The molecule has 1 N–H and O–H groups in total. The Morgan fingerprint density at radius 2 is 1.90 bits per heavy atom. The summed E-state index contributed by atoms with van der Waals surface area (Å²) in [4.78, 5) is 1.35. The smallest absolute Gasteiger partial charge is 0.0430 e. The molecule has 0 radical (unpaired) electrons. The number of rotatable bonds is 3. The van der Waals surface area contributed by atoms with Crippen LogP contribution in [0.1, 0.15) is 33.6 Å². The van der Waals surface area contributed by atoms with Crippen LogP contribution in [0.15, 0.2) is 41.8 Å². The molecule has 2 aromatic rings. The number of thiophene rings is 1. The summed E-state index contributed by atoms with van der Waals surface area (Å²) in [6, 6.07) is 13.6. The fraction of sp³-hybridized carbons (Fsp3) is 0.444. The van der Waals surface area contributed by atoms with Crippen LogP contribution in [0.2, 0.25) is 0 Å². The number of para-hydroxylation sites is 1. The van der Waals surface area contributed by atoms with Crippen LogP contribution < -0.4 is 5.32 Å². The largest absolute Gasteiger partial charge is 0.381 e. The van der Waals surface area contributed by atoms with Gasteiger partial charge in [0.25, 0.3) is 0 Å². The van der Waals surface area contributed by atoms with Crippen LogP contribution >= 0.6 is 11.3 Å².